The Morgan fingerprint density at radius 2 is 1.70 bits per heavy atom. The molecule has 6 nitrogen and oxygen atoms in total. The molecule has 0 saturated carbocycles. The molecule has 9 heteroatoms. The van der Waals surface area contributed by atoms with E-state index in [1.54, 1.807) is 29.4 Å². The molecule has 1 spiro atoms. The quantitative estimate of drug-likeness (QED) is 0.768. The number of nitrogens with zero attached hydrogens (tertiary/aromatic N) is 3. The maximum absolute atomic E-state index is 14.4. The molecule has 0 atom stereocenters. The van der Waals surface area contributed by atoms with Gasteiger partial charge in [-0.2, -0.15) is 8.78 Å². The van der Waals surface area contributed by atoms with Gasteiger partial charge in [0.05, 0.1) is 18.6 Å². The first-order valence-corrected chi connectivity index (χ1v) is 9.60. The number of hydrogen-bond donors (Lipinski definition) is 0. The fraction of sp³-hybridized carbons (Fsp3) is 0.381. The van der Waals surface area contributed by atoms with Crippen molar-refractivity contribution in [2.45, 2.75) is 31.0 Å². The van der Waals surface area contributed by atoms with E-state index in [0.29, 0.717) is 0 Å². The maximum Gasteiger partial charge on any atom is 0.437 e. The van der Waals surface area contributed by atoms with E-state index >= 15 is 0 Å². The van der Waals surface area contributed by atoms with Gasteiger partial charge in [-0.3, -0.25) is 14.6 Å². The summed E-state index contributed by atoms with van der Waals surface area (Å²) in [6, 6.07) is 8.30. The minimum Gasteiger partial charge on any atom is -0.342 e. The highest BCUT2D eigenvalue weighted by atomic mass is 19.3. The van der Waals surface area contributed by atoms with Crippen LogP contribution in [0.25, 0.3) is 0 Å². The van der Waals surface area contributed by atoms with Gasteiger partial charge in [0.25, 0.3) is 0 Å². The standard InChI is InChI=1S/C21H20F3N3O3/c22-16-1-3-17(4-2-16)27-14-20(30-21(23,24)19(27)29)7-11-26(12-8-20)18(28)13-15-5-9-25-10-6-15/h1-6,9-10H,7-8,11-14H2. The van der Waals surface area contributed by atoms with Crippen LogP contribution >= 0.6 is 0 Å². The lowest BCUT2D eigenvalue weighted by Gasteiger charge is -2.48. The maximum atomic E-state index is 14.4. The summed E-state index contributed by atoms with van der Waals surface area (Å²) in [4.78, 5) is 31.2. The third-order valence-electron chi connectivity index (χ3n) is 5.56. The highest BCUT2D eigenvalue weighted by Gasteiger charge is 2.57. The predicted molar refractivity (Wildman–Crippen MR) is 101 cm³/mol. The van der Waals surface area contributed by atoms with Gasteiger partial charge < -0.3 is 14.5 Å². The minimum atomic E-state index is -3.99. The molecule has 0 aliphatic carbocycles. The summed E-state index contributed by atoms with van der Waals surface area (Å²) in [6.07, 6.45) is -0.256. The van der Waals surface area contributed by atoms with Crippen LogP contribution in [0, 0.1) is 5.82 Å². The van der Waals surface area contributed by atoms with Gasteiger partial charge in [0, 0.05) is 31.2 Å². The van der Waals surface area contributed by atoms with Crippen molar-refractivity contribution in [1.29, 1.82) is 0 Å². The van der Waals surface area contributed by atoms with Crippen molar-refractivity contribution < 1.29 is 27.5 Å². The molecular weight excluding hydrogens is 399 g/mol. The lowest BCUT2D eigenvalue weighted by Crippen LogP contribution is -2.65. The Balaban J connectivity index is 1.47. The van der Waals surface area contributed by atoms with Crippen LogP contribution in [0.1, 0.15) is 18.4 Å². The lowest BCUT2D eigenvalue weighted by atomic mass is 9.88. The van der Waals surface area contributed by atoms with Gasteiger partial charge in [0.15, 0.2) is 0 Å². The van der Waals surface area contributed by atoms with E-state index in [0.717, 1.165) is 22.6 Å². The van der Waals surface area contributed by atoms with Crippen LogP contribution in [0.3, 0.4) is 0 Å². The molecule has 0 bridgehead atoms. The molecule has 2 saturated heterocycles. The van der Waals surface area contributed by atoms with Crippen molar-refractivity contribution in [2.24, 2.45) is 0 Å². The molecule has 0 N–H and O–H groups in total. The van der Waals surface area contributed by atoms with Crippen molar-refractivity contribution in [3.8, 4) is 0 Å². The number of halogens is 3. The van der Waals surface area contributed by atoms with Crippen molar-refractivity contribution in [3.63, 3.8) is 0 Å². The van der Waals surface area contributed by atoms with Crippen LogP contribution in [0.15, 0.2) is 48.8 Å². The molecule has 2 fully saturated rings. The molecule has 4 rings (SSSR count). The summed E-state index contributed by atoms with van der Waals surface area (Å²) >= 11 is 0. The normalized spacial score (nSPS) is 20.4. The number of piperidine rings is 1. The van der Waals surface area contributed by atoms with Gasteiger partial charge in [0.2, 0.25) is 5.91 Å². The van der Waals surface area contributed by atoms with E-state index < -0.39 is 23.4 Å². The summed E-state index contributed by atoms with van der Waals surface area (Å²) in [5, 5.41) is 0. The zero-order valence-corrected chi connectivity index (χ0v) is 16.1. The third kappa shape index (κ3) is 4.02. The Morgan fingerprint density at radius 3 is 2.33 bits per heavy atom. The van der Waals surface area contributed by atoms with Crippen molar-refractivity contribution in [3.05, 3.63) is 60.2 Å². The average molecular weight is 419 g/mol. The second-order valence-electron chi connectivity index (χ2n) is 7.58. The Labute approximate surface area is 171 Å². The van der Waals surface area contributed by atoms with Crippen LogP contribution in [-0.2, 0) is 20.7 Å². The van der Waals surface area contributed by atoms with E-state index in [1.165, 1.54) is 12.1 Å². The first-order valence-electron chi connectivity index (χ1n) is 9.60. The zero-order valence-electron chi connectivity index (χ0n) is 16.1. The van der Waals surface area contributed by atoms with Crippen LogP contribution in [0.2, 0.25) is 0 Å². The summed E-state index contributed by atoms with van der Waals surface area (Å²) in [7, 11) is 0. The van der Waals surface area contributed by atoms with Crippen LogP contribution < -0.4 is 4.90 Å². The molecule has 2 aliphatic heterocycles. The Hall–Kier alpha value is -2.94. The fourth-order valence-electron chi connectivity index (χ4n) is 3.91. The summed E-state index contributed by atoms with van der Waals surface area (Å²) in [5.41, 5.74) is -0.275. The van der Waals surface area contributed by atoms with E-state index in [4.69, 9.17) is 4.74 Å². The van der Waals surface area contributed by atoms with Gasteiger partial charge in [-0.1, -0.05) is 0 Å². The number of aromatic nitrogens is 1. The second-order valence-corrected chi connectivity index (χ2v) is 7.58. The van der Waals surface area contributed by atoms with Crippen LogP contribution in [-0.4, -0.2) is 53.0 Å². The third-order valence-corrected chi connectivity index (χ3v) is 5.56. The van der Waals surface area contributed by atoms with E-state index in [9.17, 15) is 22.8 Å². The first-order chi connectivity index (χ1) is 14.3. The van der Waals surface area contributed by atoms with E-state index in [1.807, 2.05) is 0 Å². The Kier molecular flexibility index (Phi) is 5.23. The summed E-state index contributed by atoms with van der Waals surface area (Å²) < 4.78 is 47.0. The molecule has 1 aromatic heterocycles. The van der Waals surface area contributed by atoms with Gasteiger partial charge in [0.1, 0.15) is 5.82 Å². The van der Waals surface area contributed by atoms with E-state index in [2.05, 4.69) is 4.98 Å². The molecule has 0 radical (unpaired) electrons. The molecule has 2 amide bonds. The number of carbonyl (C=O) groups is 2. The number of ether oxygens (including phenoxy) is 1. The molecule has 0 unspecified atom stereocenters. The highest BCUT2D eigenvalue weighted by Crippen LogP contribution is 2.40. The monoisotopic (exact) mass is 419 g/mol. The van der Waals surface area contributed by atoms with Crippen LogP contribution in [0.5, 0.6) is 0 Å². The summed E-state index contributed by atoms with van der Waals surface area (Å²) in [5.74, 6) is -2.11. The largest absolute Gasteiger partial charge is 0.437 e. The topological polar surface area (TPSA) is 62.7 Å². The molecule has 2 aliphatic rings. The summed E-state index contributed by atoms with van der Waals surface area (Å²) in [6.45, 7) is 0.399. The SMILES string of the molecule is O=C(Cc1ccncc1)N1CCC2(CC1)CN(c1ccc(F)cc1)C(=O)C(F)(F)O2. The van der Waals surface area contributed by atoms with Crippen LogP contribution in [0.4, 0.5) is 18.9 Å². The Morgan fingerprint density at radius 1 is 1.07 bits per heavy atom. The fourth-order valence-corrected chi connectivity index (χ4v) is 3.91. The van der Waals surface area contributed by atoms with Gasteiger partial charge in [-0.15, -0.1) is 0 Å². The number of benzene rings is 1. The lowest BCUT2D eigenvalue weighted by molar-refractivity contribution is -0.292. The molecule has 3 heterocycles. The van der Waals surface area contributed by atoms with Gasteiger partial charge >= 0.3 is 12.0 Å². The molecule has 2 aromatic rings. The van der Waals surface area contributed by atoms with E-state index in [-0.39, 0.29) is 50.5 Å². The number of alkyl halides is 2. The number of hydrogen-bond acceptors (Lipinski definition) is 4. The minimum absolute atomic E-state index is 0.0839. The number of pyridine rings is 1. The highest BCUT2D eigenvalue weighted by molar-refractivity contribution is 5.98. The van der Waals surface area contributed by atoms with Crippen molar-refractivity contribution in [1.82, 2.24) is 9.88 Å². The van der Waals surface area contributed by atoms with Crippen molar-refractivity contribution >= 4 is 17.5 Å². The number of likely N-dealkylation sites (tertiary alicyclic amines) is 1. The number of rotatable bonds is 3. The van der Waals surface area contributed by atoms with Crippen molar-refractivity contribution in [2.75, 3.05) is 24.5 Å². The second kappa shape index (κ2) is 7.71. The average Bonchev–Trinajstić information content (AvgIpc) is 2.72. The number of anilines is 1. The van der Waals surface area contributed by atoms with Gasteiger partial charge in [-0.25, -0.2) is 4.39 Å². The number of amides is 2. The number of morpholine rings is 1. The molecule has 30 heavy (non-hydrogen) atoms. The zero-order chi connectivity index (χ0) is 21.4. The first kappa shape index (κ1) is 20.3. The predicted octanol–water partition coefficient (Wildman–Crippen LogP) is 2.78. The molecule has 1 aromatic carbocycles. The molecular formula is C21H20F3N3O3. The Bertz CT molecular complexity index is 930. The van der Waals surface area contributed by atoms with Gasteiger partial charge in [-0.05, 0) is 54.8 Å². The number of carbonyl (C=O) groups excluding carboxylic acids is 2. The smallest absolute Gasteiger partial charge is 0.342 e. The molecule has 158 valence electrons.